The summed E-state index contributed by atoms with van der Waals surface area (Å²) in [7, 11) is 0. The maximum atomic E-state index is 11.2. The second kappa shape index (κ2) is 5.98. The molecular formula is C10H20N2O2. The Kier molecular flexibility index (Phi) is 4.90. The van der Waals surface area contributed by atoms with Crippen LogP contribution in [0.5, 0.6) is 0 Å². The second-order valence-corrected chi connectivity index (χ2v) is 4.00. The summed E-state index contributed by atoms with van der Waals surface area (Å²) in [5.74, 6) is -0.0226. The standard InChI is InChI=1S/C10H20N2O2/c1-8(2)12-10(13)7-14-9-4-3-5-11-6-9/h8-9,11H,3-7H2,1-2H3,(H,12,13)/t9-/m1/s1. The first-order valence-electron chi connectivity index (χ1n) is 5.30. The zero-order valence-corrected chi connectivity index (χ0v) is 9.01. The van der Waals surface area contributed by atoms with Gasteiger partial charge in [-0.1, -0.05) is 0 Å². The zero-order chi connectivity index (χ0) is 10.4. The highest BCUT2D eigenvalue weighted by Crippen LogP contribution is 2.05. The molecule has 1 amide bonds. The molecule has 1 saturated heterocycles. The SMILES string of the molecule is CC(C)NC(=O)CO[C@@H]1CCCNC1. The van der Waals surface area contributed by atoms with Crippen molar-refractivity contribution in [3.8, 4) is 0 Å². The molecule has 0 aromatic carbocycles. The Morgan fingerprint density at radius 2 is 2.43 bits per heavy atom. The van der Waals surface area contributed by atoms with Gasteiger partial charge in [0.2, 0.25) is 5.91 Å². The Bertz CT molecular complexity index is 177. The lowest BCUT2D eigenvalue weighted by molar-refractivity contribution is -0.128. The summed E-state index contributed by atoms with van der Waals surface area (Å²) >= 11 is 0. The van der Waals surface area contributed by atoms with Gasteiger partial charge in [-0.25, -0.2) is 0 Å². The fourth-order valence-corrected chi connectivity index (χ4v) is 1.52. The molecule has 0 bridgehead atoms. The van der Waals surface area contributed by atoms with Crippen molar-refractivity contribution in [2.24, 2.45) is 0 Å². The predicted octanol–water partition coefficient (Wildman–Crippen LogP) is 0.280. The average Bonchev–Trinajstić information content (AvgIpc) is 2.15. The Labute approximate surface area is 85.4 Å². The van der Waals surface area contributed by atoms with Crippen molar-refractivity contribution in [3.05, 3.63) is 0 Å². The van der Waals surface area contributed by atoms with E-state index < -0.39 is 0 Å². The minimum absolute atomic E-state index is 0.0226. The molecule has 0 spiro atoms. The van der Waals surface area contributed by atoms with Gasteiger partial charge in [0.25, 0.3) is 0 Å². The number of rotatable bonds is 4. The summed E-state index contributed by atoms with van der Waals surface area (Å²) in [4.78, 5) is 11.2. The molecule has 1 aliphatic heterocycles. The number of hydrogen-bond donors (Lipinski definition) is 2. The molecule has 1 heterocycles. The molecule has 0 radical (unpaired) electrons. The molecule has 0 saturated carbocycles. The van der Waals surface area contributed by atoms with Crippen LogP contribution in [0.4, 0.5) is 0 Å². The second-order valence-electron chi connectivity index (χ2n) is 4.00. The van der Waals surface area contributed by atoms with Gasteiger partial charge >= 0.3 is 0 Å². The Morgan fingerprint density at radius 1 is 1.64 bits per heavy atom. The molecule has 1 aliphatic rings. The van der Waals surface area contributed by atoms with Crippen LogP contribution in [-0.2, 0) is 9.53 Å². The van der Waals surface area contributed by atoms with Gasteiger partial charge in [-0.2, -0.15) is 0 Å². The highest BCUT2D eigenvalue weighted by Gasteiger charge is 2.14. The van der Waals surface area contributed by atoms with Crippen molar-refractivity contribution in [1.82, 2.24) is 10.6 Å². The Morgan fingerprint density at radius 3 is 3.00 bits per heavy atom. The van der Waals surface area contributed by atoms with E-state index in [9.17, 15) is 4.79 Å². The molecule has 4 heteroatoms. The van der Waals surface area contributed by atoms with Gasteiger partial charge in [-0.3, -0.25) is 4.79 Å². The fraction of sp³-hybridized carbons (Fsp3) is 0.900. The van der Waals surface area contributed by atoms with Gasteiger partial charge < -0.3 is 15.4 Å². The summed E-state index contributed by atoms with van der Waals surface area (Å²) in [6.07, 6.45) is 2.40. The number of carbonyl (C=O) groups excluding carboxylic acids is 1. The number of piperidine rings is 1. The molecule has 14 heavy (non-hydrogen) atoms. The lowest BCUT2D eigenvalue weighted by atomic mass is 10.1. The smallest absolute Gasteiger partial charge is 0.246 e. The van der Waals surface area contributed by atoms with Crippen LogP contribution in [-0.4, -0.2) is 37.7 Å². The summed E-state index contributed by atoms with van der Waals surface area (Å²) in [5.41, 5.74) is 0. The van der Waals surface area contributed by atoms with Gasteiger partial charge in [0, 0.05) is 12.6 Å². The summed E-state index contributed by atoms with van der Waals surface area (Å²) in [5, 5.41) is 6.04. The van der Waals surface area contributed by atoms with E-state index in [-0.39, 0.29) is 24.7 Å². The van der Waals surface area contributed by atoms with E-state index in [0.29, 0.717) is 0 Å². The monoisotopic (exact) mass is 200 g/mol. The number of amides is 1. The molecular weight excluding hydrogens is 180 g/mol. The van der Waals surface area contributed by atoms with Gasteiger partial charge in [-0.05, 0) is 33.2 Å². The van der Waals surface area contributed by atoms with Gasteiger partial charge in [0.1, 0.15) is 6.61 Å². The number of nitrogens with one attached hydrogen (secondary N) is 2. The van der Waals surface area contributed by atoms with Gasteiger partial charge in [0.05, 0.1) is 6.10 Å². The highest BCUT2D eigenvalue weighted by molar-refractivity contribution is 5.77. The van der Waals surface area contributed by atoms with Crippen molar-refractivity contribution < 1.29 is 9.53 Å². The number of ether oxygens (including phenoxy) is 1. The third-order valence-corrected chi connectivity index (χ3v) is 2.15. The van der Waals surface area contributed by atoms with Gasteiger partial charge in [-0.15, -0.1) is 0 Å². The Balaban J connectivity index is 2.09. The van der Waals surface area contributed by atoms with E-state index in [0.717, 1.165) is 25.9 Å². The van der Waals surface area contributed by atoms with E-state index in [2.05, 4.69) is 10.6 Å². The summed E-state index contributed by atoms with van der Waals surface area (Å²) in [6, 6.07) is 0.190. The first kappa shape index (κ1) is 11.5. The van der Waals surface area contributed by atoms with Crippen LogP contribution < -0.4 is 10.6 Å². The molecule has 0 unspecified atom stereocenters. The van der Waals surface area contributed by atoms with Crippen LogP contribution in [0.15, 0.2) is 0 Å². The molecule has 1 fully saturated rings. The van der Waals surface area contributed by atoms with E-state index in [4.69, 9.17) is 4.74 Å². The highest BCUT2D eigenvalue weighted by atomic mass is 16.5. The van der Waals surface area contributed by atoms with Crippen LogP contribution in [0.25, 0.3) is 0 Å². The molecule has 0 aromatic heterocycles. The van der Waals surface area contributed by atoms with Gasteiger partial charge in [0.15, 0.2) is 0 Å². The molecule has 1 atom stereocenters. The van der Waals surface area contributed by atoms with E-state index in [1.165, 1.54) is 0 Å². The first-order chi connectivity index (χ1) is 6.68. The predicted molar refractivity (Wildman–Crippen MR) is 55.1 cm³/mol. The van der Waals surface area contributed by atoms with E-state index in [1.54, 1.807) is 0 Å². The van der Waals surface area contributed by atoms with E-state index in [1.807, 2.05) is 13.8 Å². The maximum absolute atomic E-state index is 11.2. The van der Waals surface area contributed by atoms with Crippen LogP contribution in [0, 0.1) is 0 Å². The van der Waals surface area contributed by atoms with Crippen molar-refractivity contribution in [3.63, 3.8) is 0 Å². The molecule has 0 aliphatic carbocycles. The summed E-state index contributed by atoms with van der Waals surface area (Å²) < 4.78 is 5.47. The zero-order valence-electron chi connectivity index (χ0n) is 9.01. The molecule has 2 N–H and O–H groups in total. The van der Waals surface area contributed by atoms with Crippen LogP contribution >= 0.6 is 0 Å². The quantitative estimate of drug-likeness (QED) is 0.685. The average molecular weight is 200 g/mol. The van der Waals surface area contributed by atoms with Crippen molar-refractivity contribution >= 4 is 5.91 Å². The van der Waals surface area contributed by atoms with E-state index >= 15 is 0 Å². The fourth-order valence-electron chi connectivity index (χ4n) is 1.52. The van der Waals surface area contributed by atoms with Crippen LogP contribution in [0.2, 0.25) is 0 Å². The first-order valence-corrected chi connectivity index (χ1v) is 5.30. The maximum Gasteiger partial charge on any atom is 0.246 e. The summed E-state index contributed by atoms with van der Waals surface area (Å²) in [6.45, 7) is 6.01. The van der Waals surface area contributed by atoms with Crippen molar-refractivity contribution in [1.29, 1.82) is 0 Å². The van der Waals surface area contributed by atoms with Crippen molar-refractivity contribution in [2.75, 3.05) is 19.7 Å². The lowest BCUT2D eigenvalue weighted by Gasteiger charge is -2.22. The number of carbonyl (C=O) groups is 1. The minimum Gasteiger partial charge on any atom is -0.367 e. The Hall–Kier alpha value is -0.610. The topological polar surface area (TPSA) is 50.4 Å². The molecule has 82 valence electrons. The third-order valence-electron chi connectivity index (χ3n) is 2.15. The minimum atomic E-state index is -0.0226. The third kappa shape index (κ3) is 4.58. The molecule has 4 nitrogen and oxygen atoms in total. The normalized spacial score (nSPS) is 22.4. The molecule has 0 aromatic rings. The lowest BCUT2D eigenvalue weighted by Crippen LogP contribution is -2.39. The molecule has 1 rings (SSSR count). The van der Waals surface area contributed by atoms with Crippen molar-refractivity contribution in [2.45, 2.75) is 38.8 Å². The number of hydrogen-bond acceptors (Lipinski definition) is 3. The van der Waals surface area contributed by atoms with Crippen LogP contribution in [0.3, 0.4) is 0 Å². The largest absolute Gasteiger partial charge is 0.367 e. The van der Waals surface area contributed by atoms with Crippen LogP contribution in [0.1, 0.15) is 26.7 Å².